The van der Waals surface area contributed by atoms with Crippen LogP contribution in [0.3, 0.4) is 0 Å². The molecule has 7 heteroatoms. The average molecular weight is 361 g/mol. The van der Waals surface area contributed by atoms with Gasteiger partial charge in [0.2, 0.25) is 5.88 Å². The minimum atomic E-state index is -0.849. The topological polar surface area (TPSA) is 62.7 Å². The quantitative estimate of drug-likeness (QED) is 0.762. The zero-order chi connectivity index (χ0) is 19.3. The number of hydrogen-bond acceptors (Lipinski definition) is 4. The minimum absolute atomic E-state index is 0.00395. The summed E-state index contributed by atoms with van der Waals surface area (Å²) in [5, 5.41) is 5.70. The van der Waals surface area contributed by atoms with Crippen molar-refractivity contribution in [2.45, 2.75) is 33.2 Å². The van der Waals surface area contributed by atoms with Crippen molar-refractivity contribution in [2.24, 2.45) is 4.99 Å². The molecule has 138 valence electrons. The molecule has 1 heterocycles. The van der Waals surface area contributed by atoms with Crippen LogP contribution in [-0.4, -0.2) is 17.7 Å². The molecule has 0 unspecified atom stereocenters. The molecule has 2 rings (SSSR count). The molecule has 1 aromatic carbocycles. The lowest BCUT2D eigenvalue weighted by Gasteiger charge is -2.13. The summed E-state index contributed by atoms with van der Waals surface area (Å²) in [6.45, 7) is 9.31. The van der Waals surface area contributed by atoms with Crippen LogP contribution >= 0.6 is 0 Å². The zero-order valence-corrected chi connectivity index (χ0v) is 14.9. The first kappa shape index (κ1) is 19.4. The molecule has 1 amide bonds. The van der Waals surface area contributed by atoms with E-state index in [-0.39, 0.29) is 23.6 Å². The van der Waals surface area contributed by atoms with Gasteiger partial charge < -0.3 is 15.4 Å². The van der Waals surface area contributed by atoms with Gasteiger partial charge in [-0.3, -0.25) is 4.79 Å². The van der Waals surface area contributed by atoms with Gasteiger partial charge in [-0.2, -0.15) is 0 Å². The van der Waals surface area contributed by atoms with Crippen LogP contribution in [0.15, 0.2) is 59.2 Å². The monoisotopic (exact) mass is 361 g/mol. The van der Waals surface area contributed by atoms with Crippen molar-refractivity contribution in [1.82, 2.24) is 10.6 Å². The van der Waals surface area contributed by atoms with E-state index in [9.17, 15) is 13.6 Å². The fraction of sp³-hybridized carbons (Fsp3) is 0.263. The maximum atomic E-state index is 13.8. The van der Waals surface area contributed by atoms with Gasteiger partial charge in [-0.1, -0.05) is 13.5 Å². The van der Waals surface area contributed by atoms with Gasteiger partial charge >= 0.3 is 0 Å². The summed E-state index contributed by atoms with van der Waals surface area (Å²) in [7, 11) is 0. The number of benzene rings is 1. The van der Waals surface area contributed by atoms with Gasteiger partial charge in [-0.15, -0.1) is 0 Å². The maximum absolute atomic E-state index is 13.8. The van der Waals surface area contributed by atoms with E-state index in [1.54, 1.807) is 6.92 Å². The molecule has 0 bridgehead atoms. The lowest BCUT2D eigenvalue weighted by atomic mass is 10.1. The summed E-state index contributed by atoms with van der Waals surface area (Å²) in [5.41, 5.74) is 1.01. The lowest BCUT2D eigenvalue weighted by molar-refractivity contribution is -0.117. The first-order chi connectivity index (χ1) is 12.3. The van der Waals surface area contributed by atoms with Gasteiger partial charge in [0, 0.05) is 18.3 Å². The highest BCUT2D eigenvalue weighted by Crippen LogP contribution is 2.22. The average Bonchev–Trinajstić information content (AvgIpc) is 2.97. The van der Waals surface area contributed by atoms with Crippen LogP contribution in [-0.2, 0) is 4.79 Å². The van der Waals surface area contributed by atoms with Crippen molar-refractivity contribution >= 4 is 11.6 Å². The van der Waals surface area contributed by atoms with Crippen LogP contribution in [0.2, 0.25) is 0 Å². The Morgan fingerprint density at radius 2 is 2.19 bits per heavy atom. The Bertz CT molecular complexity index is 813. The standard InChI is InChI=1S/C19H21F2N3O2/c1-5-11(3)23-19(25)14-10-22-12(4)18(14)24-17(6-2)26-16-8-7-13(20)9-15(16)21/h6-11,22H,4-5H2,1-3H3,(H,23,25)/b17-6+,24-18?/t11-/m1/s1. The number of ether oxygens (including phenoxy) is 1. The Morgan fingerprint density at radius 3 is 2.81 bits per heavy atom. The van der Waals surface area contributed by atoms with Crippen molar-refractivity contribution in [3.05, 3.63) is 65.8 Å². The van der Waals surface area contributed by atoms with E-state index in [1.807, 2.05) is 13.8 Å². The number of rotatable bonds is 6. The Hall–Kier alpha value is -2.96. The van der Waals surface area contributed by atoms with Gasteiger partial charge in [0.15, 0.2) is 11.6 Å². The first-order valence-corrected chi connectivity index (χ1v) is 8.20. The summed E-state index contributed by atoms with van der Waals surface area (Å²) < 4.78 is 32.2. The number of aliphatic imine (C=N–C) groups is 1. The van der Waals surface area contributed by atoms with E-state index < -0.39 is 11.6 Å². The third kappa shape index (κ3) is 4.56. The Balaban J connectivity index is 2.24. The van der Waals surface area contributed by atoms with E-state index in [4.69, 9.17) is 4.74 Å². The molecule has 5 nitrogen and oxygen atoms in total. The third-order valence-corrected chi connectivity index (χ3v) is 3.74. The molecule has 0 aliphatic carbocycles. The molecular formula is C19H21F2N3O2. The second-order valence-electron chi connectivity index (χ2n) is 5.73. The minimum Gasteiger partial charge on any atom is -0.436 e. The van der Waals surface area contributed by atoms with Gasteiger partial charge in [0.25, 0.3) is 5.91 Å². The largest absolute Gasteiger partial charge is 0.436 e. The van der Waals surface area contributed by atoms with Crippen LogP contribution in [0, 0.1) is 11.6 Å². The maximum Gasteiger partial charge on any atom is 0.255 e. The molecule has 0 saturated heterocycles. The highest BCUT2D eigenvalue weighted by Gasteiger charge is 2.25. The van der Waals surface area contributed by atoms with Crippen LogP contribution in [0.25, 0.3) is 0 Å². The fourth-order valence-corrected chi connectivity index (χ4v) is 2.09. The van der Waals surface area contributed by atoms with Crippen LogP contribution in [0.5, 0.6) is 5.75 Å². The van der Waals surface area contributed by atoms with Crippen molar-refractivity contribution in [3.63, 3.8) is 0 Å². The van der Waals surface area contributed by atoms with Gasteiger partial charge in [0.05, 0.1) is 11.3 Å². The molecule has 1 aliphatic rings. The van der Waals surface area contributed by atoms with Crippen molar-refractivity contribution in [2.75, 3.05) is 0 Å². The lowest BCUT2D eigenvalue weighted by Crippen LogP contribution is -2.34. The molecule has 0 spiro atoms. The molecule has 0 radical (unpaired) electrons. The van der Waals surface area contributed by atoms with Gasteiger partial charge in [-0.05, 0) is 38.5 Å². The van der Waals surface area contributed by atoms with Crippen molar-refractivity contribution in [3.8, 4) is 5.75 Å². The summed E-state index contributed by atoms with van der Waals surface area (Å²) in [4.78, 5) is 16.7. The Morgan fingerprint density at radius 1 is 1.46 bits per heavy atom. The van der Waals surface area contributed by atoms with E-state index in [2.05, 4.69) is 22.2 Å². The Kier molecular flexibility index (Phi) is 6.27. The van der Waals surface area contributed by atoms with E-state index in [1.165, 1.54) is 18.3 Å². The smallest absolute Gasteiger partial charge is 0.255 e. The van der Waals surface area contributed by atoms with Crippen LogP contribution < -0.4 is 15.4 Å². The van der Waals surface area contributed by atoms with Gasteiger partial charge in [-0.25, -0.2) is 13.8 Å². The van der Waals surface area contributed by atoms with Crippen LogP contribution in [0.1, 0.15) is 27.2 Å². The number of carbonyl (C=O) groups is 1. The summed E-state index contributed by atoms with van der Waals surface area (Å²) in [5.74, 6) is -1.97. The van der Waals surface area contributed by atoms with E-state index in [0.29, 0.717) is 17.0 Å². The zero-order valence-electron chi connectivity index (χ0n) is 14.9. The predicted octanol–water partition coefficient (Wildman–Crippen LogP) is 3.56. The second-order valence-corrected chi connectivity index (χ2v) is 5.73. The Labute approximate surface area is 151 Å². The number of allylic oxidation sites excluding steroid dienone is 2. The van der Waals surface area contributed by atoms with Crippen LogP contribution in [0.4, 0.5) is 8.78 Å². The SMILES string of the molecule is C=C1NC=C(C(=O)N[C@H](C)CC)C1=N/C(=C\C)Oc1ccc(F)cc1F. The molecule has 2 N–H and O–H groups in total. The number of nitrogens with one attached hydrogen (secondary N) is 2. The number of hydrogen-bond donors (Lipinski definition) is 2. The number of amides is 1. The third-order valence-electron chi connectivity index (χ3n) is 3.74. The fourth-order valence-electron chi connectivity index (χ4n) is 2.09. The molecule has 1 atom stereocenters. The molecule has 0 saturated carbocycles. The van der Waals surface area contributed by atoms with Gasteiger partial charge in [0.1, 0.15) is 11.5 Å². The first-order valence-electron chi connectivity index (χ1n) is 8.20. The highest BCUT2D eigenvalue weighted by atomic mass is 19.1. The molecule has 26 heavy (non-hydrogen) atoms. The molecule has 1 aromatic rings. The summed E-state index contributed by atoms with van der Waals surface area (Å²) in [6, 6.07) is 2.98. The molecule has 0 fully saturated rings. The van der Waals surface area contributed by atoms with Crippen molar-refractivity contribution in [1.29, 1.82) is 0 Å². The van der Waals surface area contributed by atoms with Crippen molar-refractivity contribution < 1.29 is 18.3 Å². The molecule has 0 aromatic heterocycles. The number of nitrogens with zero attached hydrogens (tertiary/aromatic N) is 1. The van der Waals surface area contributed by atoms with E-state index in [0.717, 1.165) is 18.6 Å². The number of halogens is 2. The summed E-state index contributed by atoms with van der Waals surface area (Å²) in [6.07, 6.45) is 3.79. The second kappa shape index (κ2) is 8.42. The summed E-state index contributed by atoms with van der Waals surface area (Å²) >= 11 is 0. The molecular weight excluding hydrogens is 340 g/mol. The normalized spacial score (nSPS) is 17.0. The van der Waals surface area contributed by atoms with E-state index >= 15 is 0 Å². The highest BCUT2D eigenvalue weighted by molar-refractivity contribution is 6.29. The number of carbonyl (C=O) groups excluding carboxylic acids is 1. The predicted molar refractivity (Wildman–Crippen MR) is 96.4 cm³/mol. The molecule has 1 aliphatic heterocycles.